The molecule has 0 aliphatic heterocycles. The number of rotatable bonds is 3. The zero-order chi connectivity index (χ0) is 9.97. The van der Waals surface area contributed by atoms with E-state index < -0.39 is 0 Å². The van der Waals surface area contributed by atoms with Gasteiger partial charge in [0.1, 0.15) is 10.7 Å². The molecule has 0 spiro atoms. The van der Waals surface area contributed by atoms with Crippen LogP contribution in [0.5, 0.6) is 0 Å². The first-order chi connectivity index (χ1) is 6.81. The largest absolute Gasteiger partial charge is 0.322 e. The summed E-state index contributed by atoms with van der Waals surface area (Å²) >= 11 is 2.78. The third-order valence-corrected chi connectivity index (χ3v) is 3.36. The van der Waals surface area contributed by atoms with Crippen molar-refractivity contribution < 1.29 is 0 Å². The average molecular weight is 227 g/mol. The Hall–Kier alpha value is -0.920. The molecular weight excluding hydrogens is 218 g/mol. The first kappa shape index (κ1) is 9.63. The summed E-state index contributed by atoms with van der Waals surface area (Å²) in [6.45, 7) is 2.02. The molecule has 0 amide bonds. The van der Waals surface area contributed by atoms with Gasteiger partial charge in [0.25, 0.3) is 0 Å². The van der Waals surface area contributed by atoms with Gasteiger partial charge in [-0.1, -0.05) is 22.7 Å². The van der Waals surface area contributed by atoms with Gasteiger partial charge in [-0.05, 0) is 18.0 Å². The molecule has 0 radical (unpaired) electrons. The fourth-order valence-corrected chi connectivity index (χ4v) is 2.32. The van der Waals surface area contributed by atoms with Crippen LogP contribution in [0.3, 0.4) is 0 Å². The third-order valence-electron chi connectivity index (χ3n) is 1.78. The SMILES string of the molecule is CCC(N)c1nnc(-c2csnn2)s1. The van der Waals surface area contributed by atoms with Crippen LogP contribution in [-0.2, 0) is 0 Å². The molecule has 0 aromatic carbocycles. The van der Waals surface area contributed by atoms with E-state index in [1.54, 1.807) is 0 Å². The monoisotopic (exact) mass is 227 g/mol. The molecule has 0 aliphatic carbocycles. The molecule has 2 rings (SSSR count). The van der Waals surface area contributed by atoms with Crippen LogP contribution in [0.2, 0.25) is 0 Å². The van der Waals surface area contributed by atoms with E-state index in [-0.39, 0.29) is 6.04 Å². The van der Waals surface area contributed by atoms with Crippen LogP contribution in [-0.4, -0.2) is 19.8 Å². The van der Waals surface area contributed by atoms with Gasteiger partial charge in [-0.25, -0.2) is 0 Å². The highest BCUT2D eigenvalue weighted by molar-refractivity contribution is 7.15. The summed E-state index contributed by atoms with van der Waals surface area (Å²) in [6, 6.07) is -0.0205. The third kappa shape index (κ3) is 1.79. The van der Waals surface area contributed by atoms with Crippen LogP contribution in [0, 0.1) is 0 Å². The molecule has 1 atom stereocenters. The van der Waals surface area contributed by atoms with Crippen molar-refractivity contribution in [2.45, 2.75) is 19.4 Å². The maximum absolute atomic E-state index is 5.84. The van der Waals surface area contributed by atoms with Gasteiger partial charge in [-0.3, -0.25) is 0 Å². The van der Waals surface area contributed by atoms with Gasteiger partial charge in [0.2, 0.25) is 0 Å². The van der Waals surface area contributed by atoms with Crippen LogP contribution < -0.4 is 5.73 Å². The van der Waals surface area contributed by atoms with E-state index in [1.165, 1.54) is 22.9 Å². The summed E-state index contributed by atoms with van der Waals surface area (Å²) in [5.41, 5.74) is 6.62. The fourth-order valence-electron chi connectivity index (χ4n) is 0.920. The Labute approximate surface area is 89.2 Å². The Morgan fingerprint density at radius 1 is 1.43 bits per heavy atom. The lowest BCUT2D eigenvalue weighted by atomic mass is 10.3. The van der Waals surface area contributed by atoms with E-state index in [1.807, 2.05) is 12.3 Å². The van der Waals surface area contributed by atoms with E-state index in [9.17, 15) is 0 Å². The fraction of sp³-hybridized carbons (Fsp3) is 0.429. The Balaban J connectivity index is 2.26. The number of hydrogen-bond donors (Lipinski definition) is 1. The second kappa shape index (κ2) is 4.07. The minimum Gasteiger partial charge on any atom is -0.322 e. The van der Waals surface area contributed by atoms with Crippen LogP contribution in [0.25, 0.3) is 10.7 Å². The average Bonchev–Trinajstić information content (AvgIpc) is 2.86. The second-order valence-corrected chi connectivity index (χ2v) is 4.37. The molecule has 2 N–H and O–H groups in total. The Morgan fingerprint density at radius 3 is 2.93 bits per heavy atom. The van der Waals surface area contributed by atoms with E-state index in [4.69, 9.17) is 5.73 Å². The van der Waals surface area contributed by atoms with Gasteiger partial charge in [-0.15, -0.1) is 15.3 Å². The minimum atomic E-state index is -0.0205. The lowest BCUT2D eigenvalue weighted by molar-refractivity contribution is 0.683. The summed E-state index contributed by atoms with van der Waals surface area (Å²) in [6.07, 6.45) is 0.865. The van der Waals surface area contributed by atoms with E-state index >= 15 is 0 Å². The maximum atomic E-state index is 5.84. The predicted molar refractivity (Wildman–Crippen MR) is 56.0 cm³/mol. The number of hydrogen-bond acceptors (Lipinski definition) is 7. The zero-order valence-corrected chi connectivity index (χ0v) is 9.18. The molecule has 0 saturated heterocycles. The van der Waals surface area contributed by atoms with Crippen molar-refractivity contribution in [2.24, 2.45) is 5.73 Å². The lowest BCUT2D eigenvalue weighted by Gasteiger charge is -2.00. The second-order valence-electron chi connectivity index (χ2n) is 2.75. The molecule has 2 aromatic heterocycles. The highest BCUT2D eigenvalue weighted by Gasteiger charge is 2.12. The smallest absolute Gasteiger partial charge is 0.169 e. The molecule has 2 aromatic rings. The normalized spacial score (nSPS) is 13.0. The Kier molecular flexibility index (Phi) is 2.80. The standard InChI is InChI=1S/C7H9N5S2/c1-2-4(8)6-10-11-7(14-6)5-3-13-12-9-5/h3-4H,2,8H2,1H3. The topological polar surface area (TPSA) is 77.6 Å². The Morgan fingerprint density at radius 2 is 2.29 bits per heavy atom. The lowest BCUT2D eigenvalue weighted by Crippen LogP contribution is -2.07. The Bertz CT molecular complexity index is 396. The van der Waals surface area contributed by atoms with Crippen LogP contribution in [0.4, 0.5) is 0 Å². The van der Waals surface area contributed by atoms with Gasteiger partial charge in [0.15, 0.2) is 5.01 Å². The number of nitrogens with two attached hydrogens (primary N) is 1. The van der Waals surface area contributed by atoms with Crippen LogP contribution in [0.1, 0.15) is 24.4 Å². The van der Waals surface area contributed by atoms with Gasteiger partial charge in [0, 0.05) is 5.38 Å². The van der Waals surface area contributed by atoms with Crippen molar-refractivity contribution in [1.29, 1.82) is 0 Å². The van der Waals surface area contributed by atoms with E-state index in [0.717, 1.165) is 22.1 Å². The molecule has 0 fully saturated rings. The molecule has 0 aliphatic rings. The van der Waals surface area contributed by atoms with Crippen molar-refractivity contribution in [3.8, 4) is 10.7 Å². The van der Waals surface area contributed by atoms with Gasteiger partial charge in [0.05, 0.1) is 6.04 Å². The van der Waals surface area contributed by atoms with Gasteiger partial charge in [-0.2, -0.15) is 0 Å². The van der Waals surface area contributed by atoms with Crippen LogP contribution in [0.15, 0.2) is 5.38 Å². The molecule has 74 valence electrons. The highest BCUT2D eigenvalue weighted by Crippen LogP contribution is 2.25. The summed E-state index contributed by atoms with van der Waals surface area (Å²) in [5.74, 6) is 0. The summed E-state index contributed by atoms with van der Waals surface area (Å²) in [4.78, 5) is 0. The molecule has 7 heteroatoms. The van der Waals surface area contributed by atoms with Gasteiger partial charge < -0.3 is 5.73 Å². The molecule has 0 bridgehead atoms. The minimum absolute atomic E-state index is 0.0205. The summed E-state index contributed by atoms with van der Waals surface area (Å²) < 4.78 is 3.77. The van der Waals surface area contributed by atoms with Crippen molar-refractivity contribution >= 4 is 22.9 Å². The molecule has 0 saturated carbocycles. The highest BCUT2D eigenvalue weighted by atomic mass is 32.1. The quantitative estimate of drug-likeness (QED) is 0.859. The van der Waals surface area contributed by atoms with Crippen molar-refractivity contribution in [2.75, 3.05) is 0 Å². The van der Waals surface area contributed by atoms with E-state index in [0.29, 0.717) is 0 Å². The first-order valence-corrected chi connectivity index (χ1v) is 5.83. The first-order valence-electron chi connectivity index (χ1n) is 4.17. The maximum Gasteiger partial charge on any atom is 0.169 e. The predicted octanol–water partition coefficient (Wildman–Crippen LogP) is 1.47. The number of aromatic nitrogens is 4. The molecular formula is C7H9N5S2. The van der Waals surface area contributed by atoms with Crippen molar-refractivity contribution in [3.05, 3.63) is 10.4 Å². The van der Waals surface area contributed by atoms with Crippen molar-refractivity contribution in [1.82, 2.24) is 19.8 Å². The summed E-state index contributed by atoms with van der Waals surface area (Å²) in [7, 11) is 0. The molecule has 1 unspecified atom stereocenters. The number of nitrogens with zero attached hydrogens (tertiary/aromatic N) is 4. The van der Waals surface area contributed by atoms with Crippen molar-refractivity contribution in [3.63, 3.8) is 0 Å². The van der Waals surface area contributed by atoms with E-state index in [2.05, 4.69) is 19.8 Å². The van der Waals surface area contributed by atoms with Crippen LogP contribution >= 0.6 is 22.9 Å². The molecule has 14 heavy (non-hydrogen) atoms. The molecule has 5 nitrogen and oxygen atoms in total. The van der Waals surface area contributed by atoms with Gasteiger partial charge >= 0.3 is 0 Å². The molecule has 2 heterocycles. The zero-order valence-electron chi connectivity index (χ0n) is 7.54. The summed E-state index contributed by atoms with van der Waals surface area (Å²) in [5, 5.41) is 15.5.